The van der Waals surface area contributed by atoms with Crippen molar-refractivity contribution in [3.63, 3.8) is 0 Å². The number of aliphatic hydroxyl groups is 1. The molecule has 1 aliphatic carbocycles. The Morgan fingerprint density at radius 3 is 2.35 bits per heavy atom. The third-order valence-corrected chi connectivity index (χ3v) is 6.28. The van der Waals surface area contributed by atoms with Gasteiger partial charge in [0.25, 0.3) is 5.91 Å². The summed E-state index contributed by atoms with van der Waals surface area (Å²) in [6.07, 6.45) is 9.10. The Morgan fingerprint density at radius 2 is 1.69 bits per heavy atom. The van der Waals surface area contributed by atoms with E-state index in [2.05, 4.69) is 4.90 Å². The Morgan fingerprint density at radius 1 is 1.08 bits per heavy atom. The SMILES string of the molecule is CN(CCN1CCCCC1)C(=O)[C@](O)(c1ccccc1)C1CCCCC1. The van der Waals surface area contributed by atoms with Crippen molar-refractivity contribution in [1.29, 1.82) is 0 Å². The van der Waals surface area contributed by atoms with E-state index in [-0.39, 0.29) is 11.8 Å². The number of likely N-dealkylation sites (N-methyl/N-ethyl adjacent to an activating group) is 1. The number of amides is 1. The van der Waals surface area contributed by atoms with Crippen LogP contribution in [0.3, 0.4) is 0 Å². The molecule has 1 N–H and O–H groups in total. The van der Waals surface area contributed by atoms with E-state index in [0.29, 0.717) is 6.54 Å². The fraction of sp³-hybridized carbons (Fsp3) is 0.682. The van der Waals surface area contributed by atoms with Crippen molar-refractivity contribution < 1.29 is 9.90 Å². The first-order valence-corrected chi connectivity index (χ1v) is 10.4. The van der Waals surface area contributed by atoms with Crippen LogP contribution < -0.4 is 0 Å². The van der Waals surface area contributed by atoms with Gasteiger partial charge >= 0.3 is 0 Å². The minimum atomic E-state index is -1.39. The molecular formula is C22H34N2O2. The predicted octanol–water partition coefficient (Wildman–Crippen LogP) is 3.40. The fourth-order valence-corrected chi connectivity index (χ4v) is 4.61. The molecule has 0 spiro atoms. The lowest BCUT2D eigenvalue weighted by atomic mass is 9.72. The average molecular weight is 359 g/mol. The van der Waals surface area contributed by atoms with Crippen LogP contribution in [0, 0.1) is 5.92 Å². The number of carbonyl (C=O) groups excluding carboxylic acids is 1. The molecule has 2 aliphatic rings. The summed E-state index contributed by atoms with van der Waals surface area (Å²) in [6, 6.07) is 9.60. The third-order valence-electron chi connectivity index (χ3n) is 6.28. The zero-order chi connectivity index (χ0) is 18.4. The molecule has 1 aromatic carbocycles. The van der Waals surface area contributed by atoms with Gasteiger partial charge in [-0.05, 0) is 44.3 Å². The molecule has 1 saturated carbocycles. The fourth-order valence-electron chi connectivity index (χ4n) is 4.61. The Labute approximate surface area is 158 Å². The minimum Gasteiger partial charge on any atom is -0.375 e. The van der Waals surface area contributed by atoms with Gasteiger partial charge < -0.3 is 14.9 Å². The molecule has 0 aromatic heterocycles. The molecule has 1 aliphatic heterocycles. The van der Waals surface area contributed by atoms with Gasteiger partial charge in [0.2, 0.25) is 0 Å². The van der Waals surface area contributed by atoms with Gasteiger partial charge in [0.1, 0.15) is 0 Å². The quantitative estimate of drug-likeness (QED) is 0.848. The molecule has 2 fully saturated rings. The number of nitrogens with zero attached hydrogens (tertiary/aromatic N) is 2. The molecular weight excluding hydrogens is 324 g/mol. The van der Waals surface area contributed by atoms with E-state index in [1.165, 1.54) is 25.7 Å². The zero-order valence-electron chi connectivity index (χ0n) is 16.2. The van der Waals surface area contributed by atoms with E-state index in [1.807, 2.05) is 37.4 Å². The predicted molar refractivity (Wildman–Crippen MR) is 105 cm³/mol. The van der Waals surface area contributed by atoms with Gasteiger partial charge in [0.15, 0.2) is 5.60 Å². The maximum atomic E-state index is 13.4. The number of piperidine rings is 1. The van der Waals surface area contributed by atoms with Crippen LogP contribution in [-0.2, 0) is 10.4 Å². The third kappa shape index (κ3) is 4.29. The van der Waals surface area contributed by atoms with Crippen LogP contribution in [0.1, 0.15) is 56.9 Å². The van der Waals surface area contributed by atoms with Gasteiger partial charge in [0.05, 0.1) is 0 Å². The topological polar surface area (TPSA) is 43.8 Å². The minimum absolute atomic E-state index is 0.0172. The Kier molecular flexibility index (Phi) is 6.71. The van der Waals surface area contributed by atoms with Crippen molar-refractivity contribution >= 4 is 5.91 Å². The summed E-state index contributed by atoms with van der Waals surface area (Å²) >= 11 is 0. The van der Waals surface area contributed by atoms with Crippen LogP contribution in [0.4, 0.5) is 0 Å². The maximum Gasteiger partial charge on any atom is 0.259 e. The van der Waals surface area contributed by atoms with Crippen molar-refractivity contribution in [2.75, 3.05) is 33.2 Å². The molecule has 0 unspecified atom stereocenters. The number of hydrogen-bond donors (Lipinski definition) is 1. The molecule has 1 aromatic rings. The molecule has 1 amide bonds. The maximum absolute atomic E-state index is 13.4. The molecule has 26 heavy (non-hydrogen) atoms. The molecule has 0 bridgehead atoms. The first kappa shape index (κ1) is 19.4. The number of carbonyl (C=O) groups is 1. The van der Waals surface area contributed by atoms with Gasteiger partial charge in [0, 0.05) is 26.1 Å². The van der Waals surface area contributed by atoms with Crippen LogP contribution >= 0.6 is 0 Å². The van der Waals surface area contributed by atoms with E-state index in [0.717, 1.165) is 50.9 Å². The standard InChI is InChI=1S/C22H34N2O2/c1-23(17-18-24-15-9-4-10-16-24)21(25)22(26,19-11-5-2-6-12-19)20-13-7-3-8-14-20/h2,5-6,11-12,20,26H,3-4,7-10,13-18H2,1H3/t22-/m0/s1. The highest BCUT2D eigenvalue weighted by Crippen LogP contribution is 2.40. The molecule has 1 saturated heterocycles. The second-order valence-corrected chi connectivity index (χ2v) is 8.10. The number of rotatable bonds is 6. The smallest absolute Gasteiger partial charge is 0.259 e. The van der Waals surface area contributed by atoms with Crippen LogP contribution in [-0.4, -0.2) is 54.0 Å². The van der Waals surface area contributed by atoms with Crippen molar-refractivity contribution in [2.24, 2.45) is 5.92 Å². The zero-order valence-corrected chi connectivity index (χ0v) is 16.2. The van der Waals surface area contributed by atoms with Gasteiger partial charge in [-0.1, -0.05) is 56.0 Å². The van der Waals surface area contributed by atoms with Crippen molar-refractivity contribution in [3.05, 3.63) is 35.9 Å². The van der Waals surface area contributed by atoms with Crippen LogP contribution in [0.25, 0.3) is 0 Å². The number of likely N-dealkylation sites (tertiary alicyclic amines) is 1. The van der Waals surface area contributed by atoms with E-state index < -0.39 is 5.60 Å². The Bertz CT molecular complexity index is 565. The monoisotopic (exact) mass is 358 g/mol. The van der Waals surface area contributed by atoms with Crippen molar-refractivity contribution in [2.45, 2.75) is 57.0 Å². The highest BCUT2D eigenvalue weighted by atomic mass is 16.3. The van der Waals surface area contributed by atoms with Crippen LogP contribution in [0.15, 0.2) is 30.3 Å². The second-order valence-electron chi connectivity index (χ2n) is 8.10. The average Bonchev–Trinajstić information content (AvgIpc) is 2.73. The lowest BCUT2D eigenvalue weighted by molar-refractivity contribution is -0.160. The number of benzene rings is 1. The van der Waals surface area contributed by atoms with Crippen LogP contribution in [0.5, 0.6) is 0 Å². The van der Waals surface area contributed by atoms with Crippen molar-refractivity contribution in [1.82, 2.24) is 9.80 Å². The lowest BCUT2D eigenvalue weighted by Crippen LogP contribution is -2.52. The summed E-state index contributed by atoms with van der Waals surface area (Å²) in [5.74, 6) is -0.115. The Balaban J connectivity index is 1.73. The molecule has 0 radical (unpaired) electrons. The first-order valence-electron chi connectivity index (χ1n) is 10.4. The molecule has 144 valence electrons. The van der Waals surface area contributed by atoms with E-state index in [9.17, 15) is 9.90 Å². The summed E-state index contributed by atoms with van der Waals surface area (Å²) in [5.41, 5.74) is -0.639. The van der Waals surface area contributed by atoms with E-state index >= 15 is 0 Å². The summed E-state index contributed by atoms with van der Waals surface area (Å²) in [4.78, 5) is 17.6. The summed E-state index contributed by atoms with van der Waals surface area (Å²) < 4.78 is 0. The lowest BCUT2D eigenvalue weighted by Gasteiger charge is -2.40. The van der Waals surface area contributed by atoms with Gasteiger partial charge in [-0.15, -0.1) is 0 Å². The Hall–Kier alpha value is -1.39. The van der Waals surface area contributed by atoms with Gasteiger partial charge in [-0.25, -0.2) is 0 Å². The first-order chi connectivity index (χ1) is 12.6. The highest BCUT2D eigenvalue weighted by molar-refractivity contribution is 5.86. The van der Waals surface area contributed by atoms with Gasteiger partial charge in [-0.2, -0.15) is 0 Å². The molecule has 1 atom stereocenters. The van der Waals surface area contributed by atoms with E-state index in [1.54, 1.807) is 4.90 Å². The number of hydrogen-bond acceptors (Lipinski definition) is 3. The van der Waals surface area contributed by atoms with Crippen LogP contribution in [0.2, 0.25) is 0 Å². The summed E-state index contributed by atoms with van der Waals surface area (Å²) in [6.45, 7) is 3.85. The normalized spacial score (nSPS) is 21.9. The molecule has 4 nitrogen and oxygen atoms in total. The van der Waals surface area contributed by atoms with Gasteiger partial charge in [-0.3, -0.25) is 4.79 Å². The molecule has 1 heterocycles. The molecule has 3 rings (SSSR count). The highest BCUT2D eigenvalue weighted by Gasteiger charge is 2.46. The molecule has 4 heteroatoms. The van der Waals surface area contributed by atoms with E-state index in [4.69, 9.17) is 0 Å². The van der Waals surface area contributed by atoms with Crippen molar-refractivity contribution in [3.8, 4) is 0 Å². The summed E-state index contributed by atoms with van der Waals surface area (Å²) in [5, 5.41) is 11.7. The summed E-state index contributed by atoms with van der Waals surface area (Å²) in [7, 11) is 1.85. The largest absolute Gasteiger partial charge is 0.375 e. The second kappa shape index (κ2) is 9.01.